The highest BCUT2D eigenvalue weighted by atomic mass is 32.2. The number of carboxylic acids is 1. The summed E-state index contributed by atoms with van der Waals surface area (Å²) in [5.74, 6) is -0.400. The summed E-state index contributed by atoms with van der Waals surface area (Å²) in [5, 5.41) is 15.7. The van der Waals surface area contributed by atoms with Crippen LogP contribution in [0.15, 0.2) is 36.4 Å². The molecule has 0 fully saturated rings. The number of anilines is 2. The van der Waals surface area contributed by atoms with Crippen LogP contribution in [0.25, 0.3) is 0 Å². The normalized spacial score (nSPS) is 17.2. The molecule has 6 nitrogen and oxygen atoms in total. The molecule has 1 atom stereocenters. The summed E-state index contributed by atoms with van der Waals surface area (Å²) in [4.78, 5) is 22.2. The number of carboxylic acid groups (broad SMARTS) is 1. The molecule has 1 heterocycles. The van der Waals surface area contributed by atoms with Gasteiger partial charge >= 0.3 is 5.97 Å². The molecule has 0 radical (unpaired) electrons. The maximum Gasteiger partial charge on any atom is 0.308 e. The first-order chi connectivity index (χ1) is 13.8. The van der Waals surface area contributed by atoms with Crippen LogP contribution >= 0.6 is 11.8 Å². The maximum atomic E-state index is 13.6. The molecule has 2 aromatic rings. The zero-order valence-electron chi connectivity index (χ0n) is 16.3. The van der Waals surface area contributed by atoms with Gasteiger partial charge in [0.1, 0.15) is 11.6 Å². The summed E-state index contributed by atoms with van der Waals surface area (Å²) in [6, 6.07) is 9.50. The van der Waals surface area contributed by atoms with Crippen LogP contribution in [0.5, 0.6) is 5.75 Å². The molecule has 29 heavy (non-hydrogen) atoms. The first-order valence-electron chi connectivity index (χ1n) is 9.30. The van der Waals surface area contributed by atoms with Crippen LogP contribution in [0.2, 0.25) is 0 Å². The van der Waals surface area contributed by atoms with Gasteiger partial charge in [-0.15, -0.1) is 11.8 Å². The number of halogens is 1. The molecule has 0 saturated carbocycles. The quantitative estimate of drug-likeness (QED) is 0.508. The molecule has 1 aliphatic heterocycles. The van der Waals surface area contributed by atoms with E-state index in [-0.39, 0.29) is 12.2 Å². The number of hydrogen-bond donors (Lipinski definition) is 3. The fourth-order valence-electron chi connectivity index (χ4n) is 3.08. The Morgan fingerprint density at radius 2 is 1.93 bits per heavy atom. The van der Waals surface area contributed by atoms with Crippen LogP contribution in [-0.4, -0.2) is 28.5 Å². The highest BCUT2D eigenvalue weighted by Gasteiger charge is 2.39. The maximum absolute atomic E-state index is 13.6. The van der Waals surface area contributed by atoms with E-state index in [9.17, 15) is 19.1 Å². The van der Waals surface area contributed by atoms with E-state index in [4.69, 9.17) is 4.74 Å². The molecule has 0 aliphatic carbocycles. The summed E-state index contributed by atoms with van der Waals surface area (Å²) >= 11 is 1.33. The molecule has 0 aromatic heterocycles. The summed E-state index contributed by atoms with van der Waals surface area (Å²) in [7, 11) is 0. The number of thioether (sulfide) groups is 1. The molecule has 0 saturated heterocycles. The van der Waals surface area contributed by atoms with Crippen molar-refractivity contribution in [2.45, 2.75) is 37.4 Å². The largest absolute Gasteiger partial charge is 0.493 e. The van der Waals surface area contributed by atoms with Crippen molar-refractivity contribution in [3.8, 4) is 5.75 Å². The van der Waals surface area contributed by atoms with Gasteiger partial charge in [0.25, 0.3) is 0 Å². The Morgan fingerprint density at radius 3 is 2.62 bits per heavy atom. The Balaban J connectivity index is 1.86. The van der Waals surface area contributed by atoms with Crippen molar-refractivity contribution in [2.75, 3.05) is 17.2 Å². The number of rotatable bonds is 9. The number of aliphatic carboxylic acids is 1. The lowest BCUT2D eigenvalue weighted by Crippen LogP contribution is -2.40. The topological polar surface area (TPSA) is 87.7 Å². The molecule has 154 valence electrons. The van der Waals surface area contributed by atoms with Crippen molar-refractivity contribution in [2.24, 2.45) is 0 Å². The van der Waals surface area contributed by atoms with E-state index in [2.05, 4.69) is 10.6 Å². The molecule has 3 rings (SSSR count). The lowest BCUT2D eigenvalue weighted by atomic mass is 10.1. The fourth-order valence-corrected chi connectivity index (χ4v) is 4.30. The number of benzene rings is 2. The minimum Gasteiger partial charge on any atom is -0.493 e. The molecular formula is C21H23FN2O4S. The summed E-state index contributed by atoms with van der Waals surface area (Å²) < 4.78 is 19.4. The Bertz CT molecular complexity index is 937. The van der Waals surface area contributed by atoms with Crippen LogP contribution in [0.1, 0.15) is 42.6 Å². The number of carbonyl (C=O) groups excluding carboxylic acids is 1. The predicted molar refractivity (Wildman–Crippen MR) is 112 cm³/mol. The Morgan fingerprint density at radius 1 is 1.17 bits per heavy atom. The third kappa shape index (κ3) is 5.00. The van der Waals surface area contributed by atoms with E-state index in [0.29, 0.717) is 35.0 Å². The van der Waals surface area contributed by atoms with Crippen molar-refractivity contribution < 1.29 is 23.8 Å². The predicted octanol–water partition coefficient (Wildman–Crippen LogP) is 4.72. The van der Waals surface area contributed by atoms with Crippen LogP contribution in [0, 0.1) is 5.82 Å². The lowest BCUT2D eigenvalue weighted by Gasteiger charge is -2.29. The van der Waals surface area contributed by atoms with Gasteiger partial charge in [-0.2, -0.15) is 0 Å². The van der Waals surface area contributed by atoms with Gasteiger partial charge in [0.2, 0.25) is 0 Å². The molecule has 3 N–H and O–H groups in total. The smallest absolute Gasteiger partial charge is 0.308 e. The number of ketones is 1. The van der Waals surface area contributed by atoms with Crippen molar-refractivity contribution in [1.29, 1.82) is 0 Å². The van der Waals surface area contributed by atoms with Gasteiger partial charge in [-0.25, -0.2) is 4.39 Å². The zero-order chi connectivity index (χ0) is 21.0. The summed E-state index contributed by atoms with van der Waals surface area (Å²) in [6.45, 7) is 4.04. The van der Waals surface area contributed by atoms with Gasteiger partial charge in [0.05, 0.1) is 24.4 Å². The van der Waals surface area contributed by atoms with E-state index in [1.165, 1.54) is 30.8 Å². The van der Waals surface area contributed by atoms with E-state index in [1.54, 1.807) is 24.3 Å². The van der Waals surface area contributed by atoms with E-state index in [0.717, 1.165) is 12.0 Å². The zero-order valence-corrected chi connectivity index (χ0v) is 17.1. The van der Waals surface area contributed by atoms with Crippen molar-refractivity contribution in [1.82, 2.24) is 0 Å². The number of fused-ring (bicyclic) bond motifs is 1. The number of ether oxygens (including phenoxy) is 1. The standard InChI is InChI=1S/C21H23FN2O4S/c1-3-8-28-19-7-4-14(13(2)25)9-15(19)12-29-21(11-20(26)27)23-17-6-5-16(22)10-18(17)24-21/h4-7,9-10,23-24H,3,8,11-12H2,1-2H3,(H,26,27). The van der Waals surface area contributed by atoms with Gasteiger partial charge in [-0.1, -0.05) is 6.92 Å². The summed E-state index contributed by atoms with van der Waals surface area (Å²) in [5.41, 5.74) is 2.51. The van der Waals surface area contributed by atoms with Gasteiger partial charge in [-0.05, 0) is 49.7 Å². The molecule has 1 aliphatic rings. The Labute approximate surface area is 172 Å². The number of nitrogens with one attached hydrogen (secondary N) is 2. The second-order valence-corrected chi connectivity index (χ2v) is 8.13. The molecule has 8 heteroatoms. The van der Waals surface area contributed by atoms with Crippen LogP contribution < -0.4 is 15.4 Å². The number of hydrogen-bond acceptors (Lipinski definition) is 6. The minimum atomic E-state index is -1.05. The first kappa shape index (κ1) is 21.0. The van der Waals surface area contributed by atoms with Gasteiger partial charge in [0, 0.05) is 16.9 Å². The number of carbonyl (C=O) groups is 2. The molecule has 1 unspecified atom stereocenters. The highest BCUT2D eigenvalue weighted by Crippen LogP contribution is 2.44. The number of Topliss-reactive ketones (excluding diaryl/α,β-unsaturated/α-hetero) is 1. The SMILES string of the molecule is CCCOc1ccc(C(C)=O)cc1CSC1(CC(=O)O)Nc2ccc(F)cc2N1. The first-order valence-corrected chi connectivity index (χ1v) is 10.3. The Hall–Kier alpha value is -2.74. The molecule has 0 bridgehead atoms. The minimum absolute atomic E-state index is 0.0569. The van der Waals surface area contributed by atoms with Crippen LogP contribution in [0.4, 0.5) is 15.8 Å². The van der Waals surface area contributed by atoms with Crippen molar-refractivity contribution in [3.05, 3.63) is 53.3 Å². The van der Waals surface area contributed by atoms with Crippen molar-refractivity contribution in [3.63, 3.8) is 0 Å². The van der Waals surface area contributed by atoms with Crippen LogP contribution in [-0.2, 0) is 10.5 Å². The highest BCUT2D eigenvalue weighted by molar-refractivity contribution is 8.00. The average Bonchev–Trinajstić information content (AvgIpc) is 3.01. The van der Waals surface area contributed by atoms with E-state index >= 15 is 0 Å². The third-order valence-corrected chi connectivity index (χ3v) is 5.75. The molecule has 2 aromatic carbocycles. The van der Waals surface area contributed by atoms with Crippen molar-refractivity contribution >= 4 is 34.9 Å². The van der Waals surface area contributed by atoms with Gasteiger partial charge < -0.3 is 20.5 Å². The third-order valence-electron chi connectivity index (χ3n) is 4.46. The van der Waals surface area contributed by atoms with E-state index in [1.807, 2.05) is 6.92 Å². The van der Waals surface area contributed by atoms with Gasteiger partial charge in [0.15, 0.2) is 10.8 Å². The second-order valence-electron chi connectivity index (χ2n) is 6.85. The van der Waals surface area contributed by atoms with E-state index < -0.39 is 16.8 Å². The fraction of sp³-hybridized carbons (Fsp3) is 0.333. The molecular weight excluding hydrogens is 395 g/mol. The second kappa shape index (κ2) is 8.73. The summed E-state index contributed by atoms with van der Waals surface area (Å²) in [6.07, 6.45) is 0.611. The Kier molecular flexibility index (Phi) is 6.32. The monoisotopic (exact) mass is 418 g/mol. The molecule has 0 spiro atoms. The average molecular weight is 418 g/mol. The lowest BCUT2D eigenvalue weighted by molar-refractivity contribution is -0.137. The molecule has 0 amide bonds. The van der Waals surface area contributed by atoms with Crippen LogP contribution in [0.3, 0.4) is 0 Å². The van der Waals surface area contributed by atoms with Gasteiger partial charge in [-0.3, -0.25) is 9.59 Å².